The van der Waals surface area contributed by atoms with Crippen molar-refractivity contribution in [2.75, 3.05) is 20.3 Å². The summed E-state index contributed by atoms with van der Waals surface area (Å²) >= 11 is 0. The van der Waals surface area contributed by atoms with Gasteiger partial charge < -0.3 is 9.47 Å². The van der Waals surface area contributed by atoms with E-state index in [1.807, 2.05) is 0 Å². The highest BCUT2D eigenvalue weighted by Crippen LogP contribution is 2.13. The van der Waals surface area contributed by atoms with Gasteiger partial charge in [-0.2, -0.15) is 0 Å². The minimum Gasteiger partial charge on any atom is -0.462 e. The fourth-order valence-electron chi connectivity index (χ4n) is 2.63. The Bertz CT molecular complexity index is 865. The molecule has 0 aliphatic heterocycles. The standard InChI is InChI=1S/C23H24O6/c1-16(24)17-5-7-18(8-6-17)21(25)15-22(26)19-9-11-20(12-10-19)23(27)29-14-4-3-13-28-2/h5-12H,3-4,13-15H2,1-2H3. The minimum absolute atomic E-state index is 0.0892. The van der Waals surface area contributed by atoms with Crippen LogP contribution in [-0.2, 0) is 9.47 Å². The zero-order valence-electron chi connectivity index (χ0n) is 16.6. The summed E-state index contributed by atoms with van der Waals surface area (Å²) in [7, 11) is 1.62. The van der Waals surface area contributed by atoms with Crippen molar-refractivity contribution in [1.29, 1.82) is 0 Å². The predicted octanol–water partition coefficient (Wildman–Crippen LogP) is 3.93. The van der Waals surface area contributed by atoms with E-state index < -0.39 is 5.97 Å². The molecule has 0 spiro atoms. The maximum atomic E-state index is 12.4. The lowest BCUT2D eigenvalue weighted by atomic mass is 9.99. The van der Waals surface area contributed by atoms with E-state index in [1.165, 1.54) is 43.3 Å². The zero-order valence-corrected chi connectivity index (χ0v) is 16.6. The highest BCUT2D eigenvalue weighted by Gasteiger charge is 2.15. The summed E-state index contributed by atoms with van der Waals surface area (Å²) in [5.41, 5.74) is 1.57. The summed E-state index contributed by atoms with van der Waals surface area (Å²) in [6.45, 7) is 2.37. The van der Waals surface area contributed by atoms with Crippen LogP contribution in [0.25, 0.3) is 0 Å². The van der Waals surface area contributed by atoms with E-state index in [2.05, 4.69) is 0 Å². The number of ketones is 3. The fourth-order valence-corrected chi connectivity index (χ4v) is 2.63. The van der Waals surface area contributed by atoms with Crippen LogP contribution in [0.4, 0.5) is 0 Å². The van der Waals surface area contributed by atoms with Gasteiger partial charge in [0.2, 0.25) is 0 Å². The molecule has 0 fully saturated rings. The second-order valence-electron chi connectivity index (χ2n) is 6.57. The van der Waals surface area contributed by atoms with E-state index in [-0.39, 0.29) is 23.8 Å². The van der Waals surface area contributed by atoms with E-state index in [0.717, 1.165) is 6.42 Å². The minimum atomic E-state index is -0.456. The Labute approximate surface area is 169 Å². The monoisotopic (exact) mass is 396 g/mol. The molecular formula is C23H24O6. The molecule has 0 unspecified atom stereocenters. The first kappa shape index (κ1) is 22.2. The Morgan fingerprint density at radius 1 is 0.690 bits per heavy atom. The molecule has 2 rings (SSSR count). The molecule has 0 N–H and O–H groups in total. The first-order valence-corrected chi connectivity index (χ1v) is 9.36. The van der Waals surface area contributed by atoms with Crippen molar-refractivity contribution >= 4 is 23.3 Å². The molecule has 0 saturated carbocycles. The van der Waals surface area contributed by atoms with Crippen molar-refractivity contribution in [2.45, 2.75) is 26.2 Å². The second kappa shape index (κ2) is 11.0. The number of carbonyl (C=O) groups is 4. The molecule has 6 heteroatoms. The van der Waals surface area contributed by atoms with Crippen molar-refractivity contribution in [1.82, 2.24) is 0 Å². The number of ether oxygens (including phenoxy) is 2. The number of benzene rings is 2. The molecule has 0 amide bonds. The van der Waals surface area contributed by atoms with Gasteiger partial charge in [-0.3, -0.25) is 14.4 Å². The molecule has 2 aromatic rings. The van der Waals surface area contributed by atoms with Crippen molar-refractivity contribution in [3.63, 3.8) is 0 Å². The number of Topliss-reactive ketones (excluding diaryl/α,β-unsaturated/α-hetero) is 3. The SMILES string of the molecule is COCCCCOC(=O)c1ccc(C(=O)CC(=O)c2ccc(C(C)=O)cc2)cc1. The van der Waals surface area contributed by atoms with Gasteiger partial charge >= 0.3 is 5.97 Å². The molecule has 152 valence electrons. The topological polar surface area (TPSA) is 86.7 Å². The highest BCUT2D eigenvalue weighted by molar-refractivity contribution is 6.13. The summed E-state index contributed by atoms with van der Waals surface area (Å²) in [5, 5.41) is 0. The molecule has 0 atom stereocenters. The largest absolute Gasteiger partial charge is 0.462 e. The van der Waals surface area contributed by atoms with E-state index in [9.17, 15) is 19.2 Å². The predicted molar refractivity (Wildman–Crippen MR) is 108 cm³/mol. The Morgan fingerprint density at radius 2 is 1.14 bits per heavy atom. The van der Waals surface area contributed by atoms with Crippen molar-refractivity contribution in [3.05, 3.63) is 70.8 Å². The summed E-state index contributed by atoms with van der Waals surface area (Å²) in [5.74, 6) is -1.22. The van der Waals surface area contributed by atoms with Gasteiger partial charge in [0.1, 0.15) is 0 Å². The lowest BCUT2D eigenvalue weighted by Gasteiger charge is -2.06. The second-order valence-corrected chi connectivity index (χ2v) is 6.57. The summed E-state index contributed by atoms with van der Waals surface area (Å²) in [6, 6.07) is 12.3. The average Bonchev–Trinajstić information content (AvgIpc) is 2.73. The Hall–Kier alpha value is -3.12. The Kier molecular flexibility index (Phi) is 8.43. The van der Waals surface area contributed by atoms with E-state index in [0.29, 0.717) is 41.9 Å². The molecule has 0 heterocycles. The van der Waals surface area contributed by atoms with Gasteiger partial charge in [-0.1, -0.05) is 36.4 Å². The Morgan fingerprint density at radius 3 is 1.62 bits per heavy atom. The normalized spacial score (nSPS) is 10.4. The number of unbranched alkanes of at least 4 members (excludes halogenated alkanes) is 1. The maximum Gasteiger partial charge on any atom is 0.338 e. The van der Waals surface area contributed by atoms with Gasteiger partial charge in [0.05, 0.1) is 18.6 Å². The summed E-state index contributed by atoms with van der Waals surface area (Å²) in [4.78, 5) is 47.9. The molecule has 0 radical (unpaired) electrons. The van der Waals surface area contributed by atoms with Crippen LogP contribution < -0.4 is 0 Å². The molecule has 0 bridgehead atoms. The number of methoxy groups -OCH3 is 1. The van der Waals surface area contributed by atoms with Gasteiger partial charge in [0, 0.05) is 30.4 Å². The van der Waals surface area contributed by atoms with Crippen molar-refractivity contribution in [2.24, 2.45) is 0 Å². The van der Waals surface area contributed by atoms with Crippen LogP contribution in [0.15, 0.2) is 48.5 Å². The number of hydrogen-bond donors (Lipinski definition) is 0. The van der Waals surface area contributed by atoms with Crippen molar-refractivity contribution in [3.8, 4) is 0 Å². The first-order chi connectivity index (χ1) is 13.9. The van der Waals surface area contributed by atoms with Gasteiger partial charge in [-0.25, -0.2) is 4.79 Å². The lowest BCUT2D eigenvalue weighted by molar-refractivity contribution is 0.0488. The quantitative estimate of drug-likeness (QED) is 0.248. The van der Waals surface area contributed by atoms with E-state index in [1.54, 1.807) is 19.2 Å². The van der Waals surface area contributed by atoms with E-state index in [4.69, 9.17) is 9.47 Å². The van der Waals surface area contributed by atoms with Crippen LogP contribution in [-0.4, -0.2) is 43.6 Å². The summed E-state index contributed by atoms with van der Waals surface area (Å²) < 4.78 is 10.1. The molecule has 29 heavy (non-hydrogen) atoms. The maximum absolute atomic E-state index is 12.4. The third-order valence-electron chi connectivity index (χ3n) is 4.35. The lowest BCUT2D eigenvalue weighted by Crippen LogP contribution is -2.10. The van der Waals surface area contributed by atoms with Gasteiger partial charge in [0.15, 0.2) is 17.3 Å². The van der Waals surface area contributed by atoms with Gasteiger partial charge in [-0.05, 0) is 31.9 Å². The van der Waals surface area contributed by atoms with E-state index >= 15 is 0 Å². The Balaban J connectivity index is 1.90. The number of esters is 1. The third kappa shape index (κ3) is 6.76. The average molecular weight is 396 g/mol. The zero-order chi connectivity index (χ0) is 21.2. The number of rotatable bonds is 11. The van der Waals surface area contributed by atoms with Crippen molar-refractivity contribution < 1.29 is 28.7 Å². The highest BCUT2D eigenvalue weighted by atomic mass is 16.5. The van der Waals surface area contributed by atoms with Crippen LogP contribution in [0.2, 0.25) is 0 Å². The number of hydrogen-bond acceptors (Lipinski definition) is 6. The molecule has 6 nitrogen and oxygen atoms in total. The molecule has 2 aromatic carbocycles. The van der Waals surface area contributed by atoms with Crippen LogP contribution in [0.3, 0.4) is 0 Å². The first-order valence-electron chi connectivity index (χ1n) is 9.36. The van der Waals surface area contributed by atoms with Crippen LogP contribution in [0.1, 0.15) is 67.6 Å². The molecule has 0 aliphatic rings. The van der Waals surface area contributed by atoms with Crippen LogP contribution >= 0.6 is 0 Å². The third-order valence-corrected chi connectivity index (χ3v) is 4.35. The van der Waals surface area contributed by atoms with Crippen LogP contribution in [0, 0.1) is 0 Å². The van der Waals surface area contributed by atoms with Gasteiger partial charge in [0.25, 0.3) is 0 Å². The number of carbonyl (C=O) groups excluding carboxylic acids is 4. The van der Waals surface area contributed by atoms with Crippen LogP contribution in [0.5, 0.6) is 0 Å². The molecular weight excluding hydrogens is 372 g/mol. The molecule has 0 aromatic heterocycles. The summed E-state index contributed by atoms with van der Waals surface area (Å²) in [6.07, 6.45) is 1.23. The molecule has 0 saturated heterocycles. The molecule has 0 aliphatic carbocycles. The fraction of sp³-hybridized carbons (Fsp3) is 0.304. The smallest absolute Gasteiger partial charge is 0.338 e. The van der Waals surface area contributed by atoms with Gasteiger partial charge in [-0.15, -0.1) is 0 Å².